The number of hydrogen-bond acceptors (Lipinski definition) is 2. The maximum absolute atomic E-state index is 12.2. The van der Waals surface area contributed by atoms with Crippen LogP contribution >= 0.6 is 0 Å². The molecule has 1 atom stereocenters. The molecule has 0 radical (unpaired) electrons. The van der Waals surface area contributed by atoms with Crippen molar-refractivity contribution in [2.45, 2.75) is 32.2 Å². The maximum Gasteiger partial charge on any atom is 0.317 e. The summed E-state index contributed by atoms with van der Waals surface area (Å²) in [7, 11) is 0. The van der Waals surface area contributed by atoms with Gasteiger partial charge in [-0.2, -0.15) is 0 Å². The lowest BCUT2D eigenvalue weighted by Crippen LogP contribution is -2.54. The molecule has 2 aliphatic heterocycles. The van der Waals surface area contributed by atoms with Gasteiger partial charge < -0.3 is 10.2 Å². The molecule has 1 N–H and O–H groups in total. The molecule has 2 heterocycles. The van der Waals surface area contributed by atoms with Gasteiger partial charge in [0, 0.05) is 32.2 Å². The molecule has 1 aromatic rings. The lowest BCUT2D eigenvalue weighted by molar-refractivity contribution is 0.117. The second-order valence-corrected chi connectivity index (χ2v) is 6.25. The molecule has 21 heavy (non-hydrogen) atoms. The number of piperazine rings is 1. The van der Waals surface area contributed by atoms with E-state index in [1.165, 1.54) is 30.5 Å². The molecule has 0 saturated carbocycles. The van der Waals surface area contributed by atoms with Crippen LogP contribution in [0, 0.1) is 6.92 Å². The highest BCUT2D eigenvalue weighted by Gasteiger charge is 2.32. The third kappa shape index (κ3) is 3.56. The number of carbonyl (C=O) groups excluding carboxylic acids is 1. The summed E-state index contributed by atoms with van der Waals surface area (Å²) in [6.07, 6.45) is 3.43. The number of fused-ring (bicyclic) bond motifs is 1. The minimum Gasteiger partial charge on any atom is -0.338 e. The Bertz CT molecular complexity index is 503. The molecule has 0 unspecified atom stereocenters. The summed E-state index contributed by atoms with van der Waals surface area (Å²) < 4.78 is 0. The Balaban J connectivity index is 1.44. The fourth-order valence-corrected chi connectivity index (χ4v) is 3.47. The Morgan fingerprint density at radius 1 is 1.33 bits per heavy atom. The lowest BCUT2D eigenvalue weighted by atomic mass is 10.1. The number of urea groups is 1. The van der Waals surface area contributed by atoms with Gasteiger partial charge >= 0.3 is 6.03 Å². The first-order chi connectivity index (χ1) is 10.2. The van der Waals surface area contributed by atoms with Crippen LogP contribution in [0.2, 0.25) is 0 Å². The number of benzene rings is 1. The Hall–Kier alpha value is -1.55. The highest BCUT2D eigenvalue weighted by molar-refractivity contribution is 5.74. The van der Waals surface area contributed by atoms with E-state index in [4.69, 9.17) is 0 Å². The van der Waals surface area contributed by atoms with E-state index in [-0.39, 0.29) is 6.03 Å². The molecule has 0 spiro atoms. The van der Waals surface area contributed by atoms with Crippen LogP contribution in [0.4, 0.5) is 4.79 Å². The van der Waals surface area contributed by atoms with Crippen molar-refractivity contribution in [2.75, 3.05) is 32.7 Å². The molecule has 4 heteroatoms. The standard InChI is InChI=1S/C17H25N3O/c1-14-4-2-5-15(12-14)7-8-18-17(21)20-11-10-19-9-3-6-16(19)13-20/h2,4-5,12,16H,3,6-11,13H2,1H3,(H,18,21)/t16-/m1/s1. The summed E-state index contributed by atoms with van der Waals surface area (Å²) in [5.74, 6) is 0. The molecule has 2 fully saturated rings. The Morgan fingerprint density at radius 3 is 3.10 bits per heavy atom. The van der Waals surface area contributed by atoms with E-state index in [0.717, 1.165) is 26.1 Å². The highest BCUT2D eigenvalue weighted by atomic mass is 16.2. The van der Waals surface area contributed by atoms with Crippen LogP contribution in [0.5, 0.6) is 0 Å². The number of amides is 2. The topological polar surface area (TPSA) is 35.6 Å². The first-order valence-electron chi connectivity index (χ1n) is 8.05. The van der Waals surface area contributed by atoms with Crippen LogP contribution in [0.3, 0.4) is 0 Å². The minimum atomic E-state index is 0.106. The molecule has 0 aromatic heterocycles. The van der Waals surface area contributed by atoms with Crippen LogP contribution in [0.25, 0.3) is 0 Å². The van der Waals surface area contributed by atoms with Crippen molar-refractivity contribution in [3.63, 3.8) is 0 Å². The third-order valence-electron chi connectivity index (χ3n) is 4.65. The van der Waals surface area contributed by atoms with Gasteiger partial charge in [-0.25, -0.2) is 4.79 Å². The molecular weight excluding hydrogens is 262 g/mol. The zero-order chi connectivity index (χ0) is 14.7. The molecule has 4 nitrogen and oxygen atoms in total. The van der Waals surface area contributed by atoms with E-state index in [1.54, 1.807) is 0 Å². The fraction of sp³-hybridized carbons (Fsp3) is 0.588. The van der Waals surface area contributed by atoms with Gasteiger partial charge in [0.25, 0.3) is 0 Å². The van der Waals surface area contributed by atoms with Gasteiger partial charge in [-0.1, -0.05) is 29.8 Å². The van der Waals surface area contributed by atoms with Crippen molar-refractivity contribution >= 4 is 6.03 Å². The van der Waals surface area contributed by atoms with Gasteiger partial charge in [-0.15, -0.1) is 0 Å². The average molecular weight is 287 g/mol. The lowest BCUT2D eigenvalue weighted by Gasteiger charge is -2.37. The summed E-state index contributed by atoms with van der Waals surface area (Å²) in [6, 6.07) is 9.19. The van der Waals surface area contributed by atoms with Crippen LogP contribution in [-0.2, 0) is 6.42 Å². The molecular formula is C17H25N3O. The van der Waals surface area contributed by atoms with Crippen molar-refractivity contribution in [2.24, 2.45) is 0 Å². The van der Waals surface area contributed by atoms with Crippen molar-refractivity contribution in [1.29, 1.82) is 0 Å². The van der Waals surface area contributed by atoms with Crippen molar-refractivity contribution in [1.82, 2.24) is 15.1 Å². The summed E-state index contributed by atoms with van der Waals surface area (Å²) in [4.78, 5) is 16.8. The van der Waals surface area contributed by atoms with Gasteiger partial charge in [0.1, 0.15) is 0 Å². The number of aryl methyl sites for hydroxylation is 1. The van der Waals surface area contributed by atoms with Gasteiger partial charge in [0.05, 0.1) is 0 Å². The number of nitrogens with zero attached hydrogens (tertiary/aromatic N) is 2. The van der Waals surface area contributed by atoms with Gasteiger partial charge in [0.15, 0.2) is 0 Å². The Morgan fingerprint density at radius 2 is 2.24 bits per heavy atom. The third-order valence-corrected chi connectivity index (χ3v) is 4.65. The van der Waals surface area contributed by atoms with Crippen molar-refractivity contribution in [3.05, 3.63) is 35.4 Å². The second kappa shape index (κ2) is 6.48. The van der Waals surface area contributed by atoms with Crippen molar-refractivity contribution < 1.29 is 4.79 Å². The molecule has 2 amide bonds. The smallest absolute Gasteiger partial charge is 0.317 e. The maximum atomic E-state index is 12.2. The van der Waals surface area contributed by atoms with E-state index in [2.05, 4.69) is 41.4 Å². The highest BCUT2D eigenvalue weighted by Crippen LogP contribution is 2.21. The van der Waals surface area contributed by atoms with Gasteiger partial charge in [-0.3, -0.25) is 4.90 Å². The zero-order valence-corrected chi connectivity index (χ0v) is 12.8. The zero-order valence-electron chi connectivity index (χ0n) is 12.8. The second-order valence-electron chi connectivity index (χ2n) is 6.25. The van der Waals surface area contributed by atoms with Crippen LogP contribution in [0.1, 0.15) is 24.0 Å². The molecule has 3 rings (SSSR count). The number of hydrogen-bond donors (Lipinski definition) is 1. The molecule has 2 aliphatic rings. The van der Waals surface area contributed by atoms with E-state index < -0.39 is 0 Å². The molecule has 0 bridgehead atoms. The normalized spacial score (nSPS) is 22.1. The number of nitrogens with one attached hydrogen (secondary N) is 1. The molecule has 2 saturated heterocycles. The summed E-state index contributed by atoms with van der Waals surface area (Å²) in [5.41, 5.74) is 2.56. The quantitative estimate of drug-likeness (QED) is 0.923. The van der Waals surface area contributed by atoms with E-state index in [9.17, 15) is 4.79 Å². The summed E-state index contributed by atoms with van der Waals surface area (Å²) in [6.45, 7) is 6.84. The van der Waals surface area contributed by atoms with E-state index >= 15 is 0 Å². The number of rotatable bonds is 3. The predicted octanol–water partition coefficient (Wildman–Crippen LogP) is 2.03. The van der Waals surface area contributed by atoms with E-state index in [0.29, 0.717) is 12.6 Å². The average Bonchev–Trinajstić information content (AvgIpc) is 2.94. The first-order valence-corrected chi connectivity index (χ1v) is 8.05. The fourth-order valence-electron chi connectivity index (χ4n) is 3.47. The predicted molar refractivity (Wildman–Crippen MR) is 84.4 cm³/mol. The van der Waals surface area contributed by atoms with Crippen LogP contribution in [0.15, 0.2) is 24.3 Å². The summed E-state index contributed by atoms with van der Waals surface area (Å²) in [5, 5.41) is 3.07. The Labute approximate surface area is 127 Å². The minimum absolute atomic E-state index is 0.106. The van der Waals surface area contributed by atoms with E-state index in [1.807, 2.05) is 4.90 Å². The first kappa shape index (κ1) is 14.4. The SMILES string of the molecule is Cc1cccc(CCNC(=O)N2CCN3CCC[C@@H]3C2)c1. The van der Waals surface area contributed by atoms with Gasteiger partial charge in [-0.05, 0) is 38.3 Å². The van der Waals surface area contributed by atoms with Gasteiger partial charge in [0.2, 0.25) is 0 Å². The number of carbonyl (C=O) groups is 1. The van der Waals surface area contributed by atoms with Crippen LogP contribution in [-0.4, -0.2) is 54.6 Å². The van der Waals surface area contributed by atoms with Crippen molar-refractivity contribution in [3.8, 4) is 0 Å². The Kier molecular flexibility index (Phi) is 4.44. The largest absolute Gasteiger partial charge is 0.338 e. The monoisotopic (exact) mass is 287 g/mol. The molecule has 1 aromatic carbocycles. The molecule has 114 valence electrons. The summed E-state index contributed by atoms with van der Waals surface area (Å²) >= 11 is 0. The molecule has 0 aliphatic carbocycles. The van der Waals surface area contributed by atoms with Crippen LogP contribution < -0.4 is 5.32 Å².